The van der Waals surface area contributed by atoms with Crippen LogP contribution in [0.15, 0.2) is 59.4 Å². The van der Waals surface area contributed by atoms with Crippen LogP contribution in [-0.4, -0.2) is 47.3 Å². The number of aliphatic hydroxyl groups is 1. The summed E-state index contributed by atoms with van der Waals surface area (Å²) in [5, 5.41) is 26.7. The Kier molecular flexibility index (Phi) is 7.79. The number of nitrogens with zero attached hydrogens (tertiary/aromatic N) is 2. The van der Waals surface area contributed by atoms with Crippen LogP contribution in [0.3, 0.4) is 0 Å². The highest BCUT2D eigenvalue weighted by Crippen LogP contribution is 2.26. The molecule has 2 saturated heterocycles. The molecule has 7 heteroatoms. The summed E-state index contributed by atoms with van der Waals surface area (Å²) in [6.07, 6.45) is 3.14. The zero-order valence-corrected chi connectivity index (χ0v) is 17.4. The first-order chi connectivity index (χ1) is 15.2. The highest BCUT2D eigenvalue weighted by atomic mass is 16.6. The summed E-state index contributed by atoms with van der Waals surface area (Å²) in [6.45, 7) is 2.18. The quantitative estimate of drug-likeness (QED) is 0.658. The molecule has 2 N–H and O–H groups in total. The van der Waals surface area contributed by atoms with Crippen molar-refractivity contribution in [3.8, 4) is 11.8 Å². The molecule has 2 aliphatic rings. The number of benzene rings is 2. The monoisotopic (exact) mass is 422 g/mol. The molecule has 31 heavy (non-hydrogen) atoms. The van der Waals surface area contributed by atoms with Crippen molar-refractivity contribution in [2.45, 2.75) is 31.6 Å². The summed E-state index contributed by atoms with van der Waals surface area (Å²) in [5.74, 6) is -0.248. The topological polar surface area (TPSA) is 105 Å². The maximum absolute atomic E-state index is 12.4. The van der Waals surface area contributed by atoms with Gasteiger partial charge in [-0.05, 0) is 30.5 Å². The summed E-state index contributed by atoms with van der Waals surface area (Å²) in [5.41, 5.74) is 0.879. The van der Waals surface area contributed by atoms with Gasteiger partial charge < -0.3 is 24.3 Å². The van der Waals surface area contributed by atoms with Crippen molar-refractivity contribution in [2.24, 2.45) is 0 Å². The van der Waals surface area contributed by atoms with Gasteiger partial charge in [0.15, 0.2) is 5.56 Å². The van der Waals surface area contributed by atoms with Crippen molar-refractivity contribution in [1.29, 1.82) is 5.26 Å². The highest BCUT2D eigenvalue weighted by molar-refractivity contribution is 5.87. The number of rotatable bonds is 2. The van der Waals surface area contributed by atoms with E-state index in [0.29, 0.717) is 29.7 Å². The van der Waals surface area contributed by atoms with Gasteiger partial charge in [0.1, 0.15) is 11.8 Å². The lowest BCUT2D eigenvalue weighted by molar-refractivity contribution is 0.0732. The van der Waals surface area contributed by atoms with Crippen LogP contribution in [0.5, 0.6) is 5.75 Å². The third-order valence-corrected chi connectivity index (χ3v) is 5.32. The van der Waals surface area contributed by atoms with Gasteiger partial charge in [-0.1, -0.05) is 42.5 Å². The minimum Gasteiger partial charge on any atom is -0.506 e. The first-order valence-corrected chi connectivity index (χ1v) is 10.2. The molecular formula is C24H26N2O5. The number of nitriles is 1. The average Bonchev–Trinajstić information content (AvgIpc) is 3.45. The van der Waals surface area contributed by atoms with E-state index in [1.165, 1.54) is 4.57 Å². The fourth-order valence-electron chi connectivity index (χ4n) is 3.84. The lowest BCUT2D eigenvalue weighted by atomic mass is 10.1. The van der Waals surface area contributed by atoms with E-state index < -0.39 is 5.56 Å². The van der Waals surface area contributed by atoms with Gasteiger partial charge in [0, 0.05) is 25.7 Å². The lowest BCUT2D eigenvalue weighted by Crippen LogP contribution is -2.23. The van der Waals surface area contributed by atoms with Crippen LogP contribution < -0.4 is 5.56 Å². The van der Waals surface area contributed by atoms with E-state index in [9.17, 15) is 9.90 Å². The van der Waals surface area contributed by atoms with Crippen LogP contribution in [-0.2, 0) is 16.0 Å². The van der Waals surface area contributed by atoms with E-state index in [2.05, 4.69) is 0 Å². The maximum Gasteiger partial charge on any atom is 0.273 e. The smallest absolute Gasteiger partial charge is 0.273 e. The minimum absolute atomic E-state index is 0.218. The maximum atomic E-state index is 12.4. The van der Waals surface area contributed by atoms with Gasteiger partial charge in [0.25, 0.3) is 5.56 Å². The van der Waals surface area contributed by atoms with Crippen molar-refractivity contribution in [2.75, 3.05) is 20.3 Å². The Morgan fingerprint density at radius 2 is 1.58 bits per heavy atom. The average molecular weight is 422 g/mol. The predicted octanol–water partition coefficient (Wildman–Crippen LogP) is 2.80. The van der Waals surface area contributed by atoms with E-state index in [4.69, 9.17) is 19.8 Å². The zero-order valence-electron chi connectivity index (χ0n) is 17.4. The fraction of sp³-hybridized carbons (Fsp3) is 0.333. The van der Waals surface area contributed by atoms with Crippen LogP contribution in [0, 0.1) is 11.3 Å². The standard InChI is InChI=1S/C17H12N2O2.C6H10O2.CH4O/c18-10-14-16(20)13-8-4-5-9-15(13)19(17(14)21)11-12-6-2-1-3-7-12;1-3-7-6-2-4-8-5(1)6;1-2/h1-9,20H,11H2;5-6H,1-4H2;2H,1H3/t;5-,6-;/m.1./s1. The SMILES string of the molecule is C1C[C@H]2OCC[C@H]2O1.CO.N#Cc1c(O)c2ccccc2n(Cc2ccccc2)c1=O. The van der Waals surface area contributed by atoms with Crippen molar-refractivity contribution in [1.82, 2.24) is 4.57 Å². The number of aromatic nitrogens is 1. The lowest BCUT2D eigenvalue weighted by Gasteiger charge is -2.12. The molecule has 7 nitrogen and oxygen atoms in total. The molecule has 2 aliphatic heterocycles. The van der Waals surface area contributed by atoms with Crippen LogP contribution in [0.4, 0.5) is 0 Å². The van der Waals surface area contributed by atoms with Crippen molar-refractivity contribution >= 4 is 10.9 Å². The van der Waals surface area contributed by atoms with Gasteiger partial charge >= 0.3 is 0 Å². The van der Waals surface area contributed by atoms with E-state index in [-0.39, 0.29) is 11.3 Å². The van der Waals surface area contributed by atoms with E-state index >= 15 is 0 Å². The molecule has 162 valence electrons. The predicted molar refractivity (Wildman–Crippen MR) is 117 cm³/mol. The normalized spacial score (nSPS) is 18.9. The number of aromatic hydroxyl groups is 1. The molecule has 0 unspecified atom stereocenters. The largest absolute Gasteiger partial charge is 0.506 e. The van der Waals surface area contributed by atoms with Crippen molar-refractivity contribution < 1.29 is 19.7 Å². The van der Waals surface area contributed by atoms with Crippen molar-refractivity contribution in [3.63, 3.8) is 0 Å². The Hall–Kier alpha value is -3.18. The summed E-state index contributed by atoms with van der Waals surface area (Å²) < 4.78 is 12.2. The second kappa shape index (κ2) is 10.7. The van der Waals surface area contributed by atoms with Crippen LogP contribution in [0.25, 0.3) is 10.9 Å². The second-order valence-electron chi connectivity index (χ2n) is 7.13. The van der Waals surface area contributed by atoms with Crippen LogP contribution >= 0.6 is 0 Å². The molecular weight excluding hydrogens is 396 g/mol. The molecule has 0 spiro atoms. The molecule has 1 aromatic heterocycles. The van der Waals surface area contributed by atoms with Crippen LogP contribution in [0.1, 0.15) is 24.0 Å². The van der Waals surface area contributed by atoms with Crippen molar-refractivity contribution in [3.05, 3.63) is 76.1 Å². The Balaban J connectivity index is 0.000000225. The van der Waals surface area contributed by atoms with E-state index in [1.807, 2.05) is 30.3 Å². The molecule has 0 amide bonds. The Labute approximate surface area is 180 Å². The number of pyridine rings is 1. The first-order valence-electron chi connectivity index (χ1n) is 10.2. The number of fused-ring (bicyclic) bond motifs is 2. The summed E-state index contributed by atoms with van der Waals surface area (Å²) in [4.78, 5) is 12.4. The zero-order chi connectivity index (χ0) is 22.2. The molecule has 3 heterocycles. The molecule has 0 aliphatic carbocycles. The third-order valence-electron chi connectivity index (χ3n) is 5.32. The first kappa shape index (κ1) is 22.5. The highest BCUT2D eigenvalue weighted by Gasteiger charge is 2.33. The molecule has 2 aromatic carbocycles. The molecule has 0 radical (unpaired) electrons. The molecule has 5 rings (SSSR count). The van der Waals surface area contributed by atoms with Gasteiger partial charge in [-0.15, -0.1) is 0 Å². The summed E-state index contributed by atoms with van der Waals surface area (Å²) in [7, 11) is 1.00. The third kappa shape index (κ3) is 4.94. The molecule has 3 aromatic rings. The Morgan fingerprint density at radius 1 is 1.00 bits per heavy atom. The van der Waals surface area contributed by atoms with Gasteiger partial charge in [-0.2, -0.15) is 5.26 Å². The molecule has 0 bridgehead atoms. The second-order valence-corrected chi connectivity index (χ2v) is 7.13. The Bertz CT molecular complexity index is 1080. The molecule has 2 fully saturated rings. The summed E-state index contributed by atoms with van der Waals surface area (Å²) in [6, 6.07) is 18.4. The fourth-order valence-corrected chi connectivity index (χ4v) is 3.84. The number of hydrogen-bond acceptors (Lipinski definition) is 6. The number of para-hydroxylation sites is 1. The van der Waals surface area contributed by atoms with Gasteiger partial charge in [0.05, 0.1) is 24.3 Å². The van der Waals surface area contributed by atoms with Gasteiger partial charge in [-0.25, -0.2) is 0 Å². The summed E-state index contributed by atoms with van der Waals surface area (Å²) >= 11 is 0. The van der Waals surface area contributed by atoms with Gasteiger partial charge in [-0.3, -0.25) is 4.79 Å². The Morgan fingerprint density at radius 3 is 2.19 bits per heavy atom. The van der Waals surface area contributed by atoms with Crippen LogP contribution in [0.2, 0.25) is 0 Å². The number of hydrogen-bond donors (Lipinski definition) is 2. The number of aliphatic hydroxyl groups excluding tert-OH is 1. The minimum atomic E-state index is -0.474. The van der Waals surface area contributed by atoms with Gasteiger partial charge in [0.2, 0.25) is 0 Å². The molecule has 2 atom stereocenters. The van der Waals surface area contributed by atoms with E-state index in [0.717, 1.165) is 38.7 Å². The molecule has 0 saturated carbocycles. The number of ether oxygens (including phenoxy) is 2. The van der Waals surface area contributed by atoms with E-state index in [1.54, 1.807) is 30.3 Å².